The van der Waals surface area contributed by atoms with E-state index in [4.69, 9.17) is 9.47 Å². The number of nitrogens with one attached hydrogen (secondary N) is 2. The molecule has 0 saturated carbocycles. The number of hydrogen-bond donors (Lipinski definition) is 2. The van der Waals surface area contributed by atoms with Gasteiger partial charge in [-0.3, -0.25) is 9.78 Å². The van der Waals surface area contributed by atoms with E-state index >= 15 is 0 Å². The molecule has 1 atom stereocenters. The Morgan fingerprint density at radius 2 is 2.00 bits per heavy atom. The van der Waals surface area contributed by atoms with Crippen LogP contribution in [-0.4, -0.2) is 29.0 Å². The Morgan fingerprint density at radius 1 is 1.19 bits per heavy atom. The van der Waals surface area contributed by atoms with Crippen LogP contribution in [0.5, 0.6) is 5.75 Å². The van der Waals surface area contributed by atoms with Crippen LogP contribution < -0.4 is 10.1 Å². The van der Waals surface area contributed by atoms with Crippen molar-refractivity contribution in [2.24, 2.45) is 0 Å². The number of esters is 1. The van der Waals surface area contributed by atoms with Gasteiger partial charge in [0.1, 0.15) is 18.1 Å². The van der Waals surface area contributed by atoms with E-state index in [0.29, 0.717) is 41.3 Å². The molecule has 0 aliphatic rings. The maximum Gasteiger partial charge on any atom is 0.339 e. The number of H-pyrrole nitrogens is 1. The van der Waals surface area contributed by atoms with Crippen LogP contribution in [0.15, 0.2) is 48.7 Å². The summed E-state index contributed by atoms with van der Waals surface area (Å²) in [5, 5.41) is 2.99. The van der Waals surface area contributed by atoms with Gasteiger partial charge < -0.3 is 19.8 Å². The van der Waals surface area contributed by atoms with Crippen LogP contribution in [-0.2, 0) is 17.8 Å². The highest BCUT2D eigenvalue weighted by Crippen LogP contribution is 2.23. The molecule has 1 amide bonds. The third-order valence-electron chi connectivity index (χ3n) is 5.12. The van der Waals surface area contributed by atoms with Gasteiger partial charge >= 0.3 is 5.97 Å². The highest BCUT2D eigenvalue weighted by molar-refractivity contribution is 6.00. The van der Waals surface area contributed by atoms with E-state index in [1.165, 1.54) is 7.11 Å². The molecule has 2 aromatic heterocycles. The third kappa shape index (κ3) is 5.12. The number of carbonyl (C=O) groups is 2. The highest BCUT2D eigenvalue weighted by atomic mass is 16.5. The van der Waals surface area contributed by atoms with Crippen molar-refractivity contribution in [3.63, 3.8) is 0 Å². The van der Waals surface area contributed by atoms with Gasteiger partial charge in [0.05, 0.1) is 24.4 Å². The monoisotopic (exact) mass is 421 g/mol. The molecule has 0 aliphatic carbocycles. The second kappa shape index (κ2) is 9.93. The van der Waals surface area contributed by atoms with Gasteiger partial charge in [0, 0.05) is 11.9 Å². The predicted octanol–water partition coefficient (Wildman–Crippen LogP) is 4.14. The number of hydrogen-bond acceptors (Lipinski definition) is 5. The van der Waals surface area contributed by atoms with Crippen LogP contribution in [0.4, 0.5) is 0 Å². The molecule has 0 spiro atoms. The topological polar surface area (TPSA) is 93.3 Å². The van der Waals surface area contributed by atoms with Gasteiger partial charge in [-0.15, -0.1) is 0 Å². The van der Waals surface area contributed by atoms with Crippen LogP contribution >= 0.6 is 0 Å². The molecule has 2 N–H and O–H groups in total. The van der Waals surface area contributed by atoms with E-state index in [0.717, 1.165) is 11.3 Å². The quantitative estimate of drug-likeness (QED) is 0.533. The molecule has 0 aliphatic heterocycles. The molecule has 0 radical (unpaired) electrons. The summed E-state index contributed by atoms with van der Waals surface area (Å²) in [6, 6.07) is 13.0. The zero-order chi connectivity index (χ0) is 22.4. The Labute approximate surface area is 181 Å². The average molecular weight is 421 g/mol. The minimum absolute atomic E-state index is 0.264. The van der Waals surface area contributed by atoms with Crippen LogP contribution in [0.3, 0.4) is 0 Å². The number of carbonyl (C=O) groups excluding carboxylic acids is 2. The maximum absolute atomic E-state index is 12.9. The maximum atomic E-state index is 12.9. The lowest BCUT2D eigenvalue weighted by atomic mass is 10.1. The van der Waals surface area contributed by atoms with Gasteiger partial charge in [-0.1, -0.05) is 25.1 Å². The molecule has 1 aromatic carbocycles. The number of aromatic amines is 1. The van der Waals surface area contributed by atoms with Gasteiger partial charge in [-0.2, -0.15) is 0 Å². The van der Waals surface area contributed by atoms with Gasteiger partial charge in [-0.25, -0.2) is 4.79 Å². The van der Waals surface area contributed by atoms with Gasteiger partial charge in [-0.05, 0) is 55.7 Å². The summed E-state index contributed by atoms with van der Waals surface area (Å²) >= 11 is 0. The minimum atomic E-state index is -0.449. The number of amides is 1. The number of benzene rings is 1. The van der Waals surface area contributed by atoms with Crippen molar-refractivity contribution < 1.29 is 19.1 Å². The lowest BCUT2D eigenvalue weighted by molar-refractivity contribution is 0.0599. The van der Waals surface area contributed by atoms with Crippen molar-refractivity contribution in [1.82, 2.24) is 15.3 Å². The Hall–Kier alpha value is -3.61. The number of methoxy groups -OCH3 is 1. The molecular weight excluding hydrogens is 394 g/mol. The van der Waals surface area contributed by atoms with Crippen molar-refractivity contribution in [2.75, 3.05) is 7.11 Å². The van der Waals surface area contributed by atoms with Crippen molar-refractivity contribution in [2.45, 2.75) is 39.8 Å². The van der Waals surface area contributed by atoms with Crippen LogP contribution in [0.25, 0.3) is 0 Å². The smallest absolute Gasteiger partial charge is 0.339 e. The second-order valence-corrected chi connectivity index (χ2v) is 7.20. The Bertz CT molecular complexity index is 1060. The number of rotatable bonds is 8. The zero-order valence-electron chi connectivity index (χ0n) is 18.2. The van der Waals surface area contributed by atoms with E-state index in [1.807, 2.05) is 56.3 Å². The summed E-state index contributed by atoms with van der Waals surface area (Å²) in [6.45, 7) is 5.92. The summed E-state index contributed by atoms with van der Waals surface area (Å²) in [4.78, 5) is 32.3. The molecule has 3 aromatic rings. The van der Waals surface area contributed by atoms with Crippen LogP contribution in [0.1, 0.15) is 63.3 Å². The Morgan fingerprint density at radius 3 is 2.68 bits per heavy atom. The molecule has 1 unspecified atom stereocenters. The Kier molecular flexibility index (Phi) is 7.07. The molecule has 162 valence electrons. The predicted molar refractivity (Wildman–Crippen MR) is 117 cm³/mol. The fourth-order valence-electron chi connectivity index (χ4n) is 3.40. The minimum Gasteiger partial charge on any atom is -0.487 e. The van der Waals surface area contributed by atoms with Crippen LogP contribution in [0, 0.1) is 6.92 Å². The van der Waals surface area contributed by atoms with Crippen LogP contribution in [0.2, 0.25) is 0 Å². The molecule has 3 rings (SSSR count). The largest absolute Gasteiger partial charge is 0.487 e. The average Bonchev–Trinajstić information content (AvgIpc) is 3.14. The van der Waals surface area contributed by atoms with E-state index in [9.17, 15) is 9.59 Å². The van der Waals surface area contributed by atoms with E-state index in [2.05, 4.69) is 15.3 Å². The van der Waals surface area contributed by atoms with Gasteiger partial charge in [0.2, 0.25) is 0 Å². The highest BCUT2D eigenvalue weighted by Gasteiger charge is 2.24. The number of aryl methyl sites for hydroxylation is 1. The molecule has 31 heavy (non-hydrogen) atoms. The molecule has 7 heteroatoms. The van der Waals surface area contributed by atoms with E-state index < -0.39 is 5.97 Å². The van der Waals surface area contributed by atoms with E-state index in [-0.39, 0.29) is 11.9 Å². The summed E-state index contributed by atoms with van der Waals surface area (Å²) < 4.78 is 10.7. The summed E-state index contributed by atoms with van der Waals surface area (Å²) in [5.41, 5.74) is 3.80. The number of nitrogens with zero attached hydrogens (tertiary/aromatic N) is 1. The first kappa shape index (κ1) is 22.1. The standard InChI is InChI=1S/C24H27N3O4/c1-5-20-21(24(29)30-4)15(2)22(27-20)23(28)26-16(3)17-9-8-11-19(13-17)31-14-18-10-6-7-12-25-18/h6-13,16,27H,5,14H2,1-4H3,(H,26,28). The van der Waals surface area contributed by atoms with Gasteiger partial charge in [0.15, 0.2) is 0 Å². The number of pyridine rings is 1. The zero-order valence-corrected chi connectivity index (χ0v) is 18.2. The first-order valence-corrected chi connectivity index (χ1v) is 10.2. The lowest BCUT2D eigenvalue weighted by Crippen LogP contribution is -2.27. The molecule has 0 fully saturated rings. The normalized spacial score (nSPS) is 11.6. The fourth-order valence-corrected chi connectivity index (χ4v) is 3.40. The fraction of sp³-hybridized carbons (Fsp3) is 0.292. The molecule has 0 saturated heterocycles. The van der Waals surface area contributed by atoms with E-state index in [1.54, 1.807) is 13.1 Å². The van der Waals surface area contributed by atoms with Crippen molar-refractivity contribution in [1.29, 1.82) is 0 Å². The molecule has 2 heterocycles. The molecular formula is C24H27N3O4. The van der Waals surface area contributed by atoms with Crippen molar-refractivity contribution >= 4 is 11.9 Å². The third-order valence-corrected chi connectivity index (χ3v) is 5.12. The summed E-state index contributed by atoms with van der Waals surface area (Å²) in [7, 11) is 1.33. The second-order valence-electron chi connectivity index (χ2n) is 7.20. The van der Waals surface area contributed by atoms with Crippen molar-refractivity contribution in [3.05, 3.63) is 82.4 Å². The molecule has 7 nitrogen and oxygen atoms in total. The SMILES string of the molecule is CCc1[nH]c(C(=O)NC(C)c2cccc(OCc3ccccn3)c2)c(C)c1C(=O)OC. The summed E-state index contributed by atoms with van der Waals surface area (Å²) in [5.74, 6) is -0.0355. The van der Waals surface area contributed by atoms with Gasteiger partial charge in [0.25, 0.3) is 5.91 Å². The first-order chi connectivity index (χ1) is 14.9. The first-order valence-electron chi connectivity index (χ1n) is 10.2. The number of ether oxygens (including phenoxy) is 2. The Balaban J connectivity index is 1.71. The number of aromatic nitrogens is 2. The van der Waals surface area contributed by atoms with Crippen molar-refractivity contribution in [3.8, 4) is 5.75 Å². The lowest BCUT2D eigenvalue weighted by Gasteiger charge is -2.15. The summed E-state index contributed by atoms with van der Waals surface area (Å²) in [6.07, 6.45) is 2.31. The molecule has 0 bridgehead atoms.